The first-order valence-electron chi connectivity index (χ1n) is 8.39. The van der Waals surface area contributed by atoms with Crippen molar-refractivity contribution in [3.05, 3.63) is 42.1 Å². The van der Waals surface area contributed by atoms with Gasteiger partial charge in [-0.3, -0.25) is 19.5 Å². The summed E-state index contributed by atoms with van der Waals surface area (Å²) < 4.78 is 47.3. The van der Waals surface area contributed by atoms with Crippen LogP contribution in [-0.2, 0) is 20.9 Å². The third-order valence-corrected chi connectivity index (χ3v) is 3.80. The number of hydrogen-bond acceptors (Lipinski definition) is 7. The Morgan fingerprint density at radius 1 is 1.34 bits per heavy atom. The zero-order valence-electron chi connectivity index (χ0n) is 15.6. The number of nitrogens with one attached hydrogen (secondary N) is 1. The van der Waals surface area contributed by atoms with Gasteiger partial charge < -0.3 is 14.8 Å². The molecule has 0 aliphatic carbocycles. The lowest BCUT2D eigenvalue weighted by molar-refractivity contribution is -0.145. The van der Waals surface area contributed by atoms with Crippen LogP contribution in [0.5, 0.6) is 5.75 Å². The number of carbonyl (C=O) groups excluding carboxylic acids is 2. The number of carbonyl (C=O) groups is 2. The number of benzene rings is 1. The van der Waals surface area contributed by atoms with E-state index in [1.807, 2.05) is 0 Å². The highest BCUT2D eigenvalue weighted by Gasteiger charge is 2.21. The van der Waals surface area contributed by atoms with Crippen LogP contribution in [0, 0.1) is 5.82 Å². The number of rotatable bonds is 10. The van der Waals surface area contributed by atoms with E-state index in [2.05, 4.69) is 20.0 Å². The van der Waals surface area contributed by atoms with Crippen LogP contribution in [-0.4, -0.2) is 60.6 Å². The van der Waals surface area contributed by atoms with E-state index >= 15 is 0 Å². The minimum Gasteiger partial charge on any atom is -0.453 e. The predicted octanol–water partition coefficient (Wildman–Crippen LogP) is 1.60. The van der Waals surface area contributed by atoms with Gasteiger partial charge in [0.15, 0.2) is 17.7 Å². The molecule has 0 radical (unpaired) electrons. The quantitative estimate of drug-likeness (QED) is 0.593. The molecule has 1 atom stereocenters. The molecule has 2 aromatic rings. The maximum absolute atomic E-state index is 13.6. The number of halogens is 3. The maximum atomic E-state index is 13.6. The summed E-state index contributed by atoms with van der Waals surface area (Å²) in [6, 6.07) is 3.47. The minimum absolute atomic E-state index is 0.104. The number of aromatic nitrogens is 2. The number of hydrogen-bond donors (Lipinski definition) is 1. The van der Waals surface area contributed by atoms with Crippen LogP contribution < -0.4 is 10.1 Å². The smallest absolute Gasteiger partial charge is 0.387 e. The Balaban J connectivity index is 2.15. The van der Waals surface area contributed by atoms with Crippen molar-refractivity contribution in [3.8, 4) is 17.0 Å². The summed E-state index contributed by atoms with van der Waals surface area (Å²) in [5, 5.41) is 2.40. The van der Waals surface area contributed by atoms with Gasteiger partial charge in [0.2, 0.25) is 0 Å². The van der Waals surface area contributed by atoms with Crippen LogP contribution in [0.4, 0.5) is 13.2 Å². The third kappa shape index (κ3) is 6.42. The van der Waals surface area contributed by atoms with Crippen LogP contribution >= 0.6 is 0 Å². The summed E-state index contributed by atoms with van der Waals surface area (Å²) >= 11 is 0. The van der Waals surface area contributed by atoms with Gasteiger partial charge in [-0.2, -0.15) is 8.78 Å². The molecule has 1 heterocycles. The zero-order valence-corrected chi connectivity index (χ0v) is 15.6. The lowest BCUT2D eigenvalue weighted by atomic mass is 10.1. The SMILES string of the molecule is CNC(=O)C(CN(C)Cc1cncc(-c2ccc(F)c(OC(F)F)c2)n1)OC=O. The van der Waals surface area contributed by atoms with Crippen LogP contribution in [0.1, 0.15) is 5.69 Å². The Morgan fingerprint density at radius 2 is 2.10 bits per heavy atom. The highest BCUT2D eigenvalue weighted by Crippen LogP contribution is 2.26. The molecular formula is C18H19F3N4O4. The predicted molar refractivity (Wildman–Crippen MR) is 95.4 cm³/mol. The van der Waals surface area contributed by atoms with E-state index in [-0.39, 0.29) is 19.6 Å². The first-order valence-corrected chi connectivity index (χ1v) is 8.39. The number of amides is 1. The van der Waals surface area contributed by atoms with Gasteiger partial charge >= 0.3 is 6.61 Å². The molecule has 1 aromatic heterocycles. The molecule has 0 aliphatic heterocycles. The zero-order chi connectivity index (χ0) is 21.4. The number of likely N-dealkylation sites (N-methyl/N-ethyl adjacent to an activating group) is 2. The number of ether oxygens (including phenoxy) is 2. The molecule has 11 heteroatoms. The molecule has 0 saturated carbocycles. The van der Waals surface area contributed by atoms with E-state index in [1.54, 1.807) is 11.9 Å². The van der Waals surface area contributed by atoms with Crippen molar-refractivity contribution in [2.75, 3.05) is 20.6 Å². The van der Waals surface area contributed by atoms with Crippen molar-refractivity contribution in [2.24, 2.45) is 0 Å². The van der Waals surface area contributed by atoms with Gasteiger partial charge in [-0.05, 0) is 25.2 Å². The van der Waals surface area contributed by atoms with Gasteiger partial charge in [-0.1, -0.05) is 0 Å². The molecular weight excluding hydrogens is 393 g/mol. The van der Waals surface area contributed by atoms with Gasteiger partial charge in [0, 0.05) is 31.9 Å². The molecule has 2 rings (SSSR count). The van der Waals surface area contributed by atoms with Gasteiger partial charge in [0.05, 0.1) is 17.6 Å². The highest BCUT2D eigenvalue weighted by atomic mass is 19.3. The summed E-state index contributed by atoms with van der Waals surface area (Å²) in [6.45, 7) is -2.61. The van der Waals surface area contributed by atoms with Crippen molar-refractivity contribution in [3.63, 3.8) is 0 Å². The average Bonchev–Trinajstić information content (AvgIpc) is 2.68. The van der Waals surface area contributed by atoms with Crippen LogP contribution in [0.15, 0.2) is 30.6 Å². The maximum Gasteiger partial charge on any atom is 0.387 e. The molecule has 1 N–H and O–H groups in total. The van der Waals surface area contributed by atoms with E-state index < -0.39 is 30.2 Å². The topological polar surface area (TPSA) is 93.7 Å². The summed E-state index contributed by atoms with van der Waals surface area (Å²) in [4.78, 5) is 32.4. The molecule has 1 amide bonds. The van der Waals surface area contributed by atoms with Crippen molar-refractivity contribution in [1.29, 1.82) is 0 Å². The van der Waals surface area contributed by atoms with Crippen molar-refractivity contribution in [2.45, 2.75) is 19.3 Å². The molecule has 0 spiro atoms. The third-order valence-electron chi connectivity index (χ3n) is 3.80. The normalized spacial score (nSPS) is 12.0. The molecule has 0 fully saturated rings. The molecule has 1 unspecified atom stereocenters. The number of nitrogens with zero attached hydrogens (tertiary/aromatic N) is 3. The second-order valence-corrected chi connectivity index (χ2v) is 5.95. The summed E-state index contributed by atoms with van der Waals surface area (Å²) in [6.07, 6.45) is 1.88. The first kappa shape index (κ1) is 22.1. The van der Waals surface area contributed by atoms with Gasteiger partial charge in [-0.25, -0.2) is 9.37 Å². The van der Waals surface area contributed by atoms with E-state index in [0.717, 1.165) is 12.1 Å². The van der Waals surface area contributed by atoms with E-state index in [9.17, 15) is 22.8 Å². The van der Waals surface area contributed by atoms with Crippen molar-refractivity contribution in [1.82, 2.24) is 20.2 Å². The minimum atomic E-state index is -3.16. The summed E-state index contributed by atoms with van der Waals surface area (Å²) in [5.74, 6) is -1.98. The molecule has 8 nitrogen and oxygen atoms in total. The monoisotopic (exact) mass is 412 g/mol. The Kier molecular flexibility index (Phi) is 7.89. The Bertz CT molecular complexity index is 854. The Morgan fingerprint density at radius 3 is 2.76 bits per heavy atom. The summed E-state index contributed by atoms with van der Waals surface area (Å²) in [7, 11) is 3.11. The fourth-order valence-electron chi connectivity index (χ4n) is 2.51. The van der Waals surface area contributed by atoms with Crippen LogP contribution in [0.2, 0.25) is 0 Å². The second kappa shape index (κ2) is 10.4. The lowest BCUT2D eigenvalue weighted by Gasteiger charge is -2.21. The van der Waals surface area contributed by atoms with Crippen LogP contribution in [0.3, 0.4) is 0 Å². The Labute approximate surface area is 164 Å². The molecule has 0 aliphatic rings. The fraction of sp³-hybridized carbons (Fsp3) is 0.333. The van der Waals surface area contributed by atoms with E-state index in [0.29, 0.717) is 17.0 Å². The second-order valence-electron chi connectivity index (χ2n) is 5.95. The van der Waals surface area contributed by atoms with E-state index in [4.69, 9.17) is 4.74 Å². The van der Waals surface area contributed by atoms with Crippen molar-refractivity contribution >= 4 is 12.4 Å². The molecule has 0 bridgehead atoms. The Hall–Kier alpha value is -3.21. The largest absolute Gasteiger partial charge is 0.453 e. The lowest BCUT2D eigenvalue weighted by Crippen LogP contribution is -2.41. The van der Waals surface area contributed by atoms with Gasteiger partial charge in [0.1, 0.15) is 0 Å². The molecule has 0 saturated heterocycles. The first-order chi connectivity index (χ1) is 13.8. The van der Waals surface area contributed by atoms with Crippen LogP contribution in [0.25, 0.3) is 11.3 Å². The van der Waals surface area contributed by atoms with Gasteiger partial charge in [-0.15, -0.1) is 0 Å². The molecule has 1 aromatic carbocycles. The van der Waals surface area contributed by atoms with Gasteiger partial charge in [0.25, 0.3) is 12.4 Å². The molecule has 29 heavy (non-hydrogen) atoms. The summed E-state index contributed by atoms with van der Waals surface area (Å²) in [5.41, 5.74) is 1.15. The average molecular weight is 412 g/mol. The number of alkyl halides is 2. The molecule has 156 valence electrons. The van der Waals surface area contributed by atoms with Crippen molar-refractivity contribution < 1.29 is 32.2 Å². The standard InChI is InChI=1S/C18H19F3N4O4/c1-22-17(27)16(28-10-26)9-25(2)8-12-6-23-7-14(24-12)11-3-4-13(19)15(5-11)29-18(20)21/h3-7,10,16,18H,8-9H2,1-2H3,(H,22,27). The highest BCUT2D eigenvalue weighted by molar-refractivity contribution is 5.81. The fourth-order valence-corrected chi connectivity index (χ4v) is 2.51. The van der Waals surface area contributed by atoms with E-state index in [1.165, 1.54) is 25.5 Å².